The first-order valence-corrected chi connectivity index (χ1v) is 10.2. The van der Waals surface area contributed by atoms with Crippen LogP contribution in [0.5, 0.6) is 0 Å². The van der Waals surface area contributed by atoms with E-state index >= 15 is 0 Å². The van der Waals surface area contributed by atoms with Crippen LogP contribution in [-0.2, 0) is 6.54 Å². The highest BCUT2D eigenvalue weighted by atomic mass is 16.5. The Kier molecular flexibility index (Phi) is 4.91. The predicted octanol–water partition coefficient (Wildman–Crippen LogP) is 3.07. The normalized spacial score (nSPS) is 16.0. The third kappa shape index (κ3) is 3.89. The molecule has 2 aromatic heterocycles. The molecule has 5 rings (SSSR count). The number of nitrogens with one attached hydrogen (secondary N) is 1. The maximum Gasteiger partial charge on any atom is 0.249 e. The van der Waals surface area contributed by atoms with Crippen molar-refractivity contribution in [3.8, 4) is 22.6 Å². The molecule has 0 aliphatic carbocycles. The predicted molar refractivity (Wildman–Crippen MR) is 115 cm³/mol. The monoisotopic (exact) mass is 414 g/mol. The molecule has 3 N–H and O–H groups in total. The van der Waals surface area contributed by atoms with Crippen LogP contribution in [0.15, 0.2) is 65.3 Å². The highest BCUT2D eigenvalue weighted by Crippen LogP contribution is 2.31. The summed E-state index contributed by atoms with van der Waals surface area (Å²) in [5.41, 5.74) is 9.52. The third-order valence-electron chi connectivity index (χ3n) is 5.45. The van der Waals surface area contributed by atoms with Gasteiger partial charge in [0.15, 0.2) is 5.96 Å². The fourth-order valence-corrected chi connectivity index (χ4v) is 3.86. The quantitative estimate of drug-likeness (QED) is 0.380. The minimum absolute atomic E-state index is 0.0372. The van der Waals surface area contributed by atoms with Gasteiger partial charge < -0.3 is 15.2 Å². The molecular weight excluding hydrogens is 392 g/mol. The first-order valence-electron chi connectivity index (χ1n) is 10.2. The number of hydrogen-bond donors (Lipinski definition) is 2. The van der Waals surface area contributed by atoms with E-state index in [4.69, 9.17) is 15.7 Å². The number of nitrogens with zero attached hydrogens (tertiary/aromatic N) is 6. The summed E-state index contributed by atoms with van der Waals surface area (Å²) in [5, 5.41) is 20.3. The molecule has 1 fully saturated rings. The molecule has 1 aliphatic heterocycles. The van der Waals surface area contributed by atoms with E-state index in [1.54, 1.807) is 4.90 Å². The average molecular weight is 414 g/mol. The molecule has 1 saturated heterocycles. The summed E-state index contributed by atoms with van der Waals surface area (Å²) in [6, 6.07) is 17.8. The number of nitrogens with two attached hydrogens (primary N) is 1. The Morgan fingerprint density at radius 1 is 1.10 bits per heavy atom. The molecule has 0 spiro atoms. The van der Waals surface area contributed by atoms with E-state index < -0.39 is 0 Å². The first-order chi connectivity index (χ1) is 15.2. The van der Waals surface area contributed by atoms with Crippen molar-refractivity contribution in [3.05, 3.63) is 72.2 Å². The fourth-order valence-electron chi connectivity index (χ4n) is 3.86. The van der Waals surface area contributed by atoms with Gasteiger partial charge in [0, 0.05) is 17.7 Å². The van der Waals surface area contributed by atoms with Crippen LogP contribution >= 0.6 is 0 Å². The topological polar surface area (TPSA) is 123 Å². The molecule has 9 heteroatoms. The molecular formula is C22H22N8O. The number of rotatable bonds is 5. The van der Waals surface area contributed by atoms with Gasteiger partial charge in [-0.05, 0) is 18.4 Å². The zero-order chi connectivity index (χ0) is 21.2. The second kappa shape index (κ2) is 8.02. The maximum atomic E-state index is 7.71. The van der Waals surface area contributed by atoms with E-state index in [1.807, 2.05) is 65.5 Å². The molecule has 0 bridgehead atoms. The van der Waals surface area contributed by atoms with Crippen molar-refractivity contribution in [2.75, 3.05) is 6.54 Å². The SMILES string of the molecule is N=C(N)N1CCC[C@H]1c1nc(-c2ccc(Cn3cc(-c4ccccc4)nn3)cc2)no1. The molecule has 3 heterocycles. The summed E-state index contributed by atoms with van der Waals surface area (Å²) in [4.78, 5) is 6.34. The van der Waals surface area contributed by atoms with Crippen LogP contribution in [0.25, 0.3) is 22.6 Å². The van der Waals surface area contributed by atoms with Gasteiger partial charge >= 0.3 is 0 Å². The highest BCUT2D eigenvalue weighted by molar-refractivity contribution is 5.75. The summed E-state index contributed by atoms with van der Waals surface area (Å²) in [7, 11) is 0. The Morgan fingerprint density at radius 3 is 2.68 bits per heavy atom. The average Bonchev–Trinajstić information content (AvgIpc) is 3.55. The van der Waals surface area contributed by atoms with Gasteiger partial charge in [-0.25, -0.2) is 4.68 Å². The Bertz CT molecular complexity index is 1180. The van der Waals surface area contributed by atoms with E-state index in [-0.39, 0.29) is 12.0 Å². The zero-order valence-electron chi connectivity index (χ0n) is 16.8. The highest BCUT2D eigenvalue weighted by Gasteiger charge is 2.31. The molecule has 2 aromatic carbocycles. The maximum absolute atomic E-state index is 7.71. The van der Waals surface area contributed by atoms with Crippen molar-refractivity contribution >= 4 is 5.96 Å². The van der Waals surface area contributed by atoms with Crippen LogP contribution in [-0.4, -0.2) is 42.5 Å². The lowest BCUT2D eigenvalue weighted by Gasteiger charge is -2.21. The summed E-state index contributed by atoms with van der Waals surface area (Å²) >= 11 is 0. The van der Waals surface area contributed by atoms with Crippen molar-refractivity contribution in [2.45, 2.75) is 25.4 Å². The minimum atomic E-state index is -0.121. The van der Waals surface area contributed by atoms with Gasteiger partial charge in [0.05, 0.1) is 12.7 Å². The molecule has 31 heavy (non-hydrogen) atoms. The standard InChI is InChI=1S/C22H22N8O/c23-22(24)30-12-4-7-19(30)21-25-20(27-31-21)17-10-8-15(9-11-17)13-29-14-18(26-28-29)16-5-2-1-3-6-16/h1-3,5-6,8-11,14,19H,4,7,12-13H2,(H3,23,24)/t19-/m0/s1. The lowest BCUT2D eigenvalue weighted by atomic mass is 10.1. The van der Waals surface area contributed by atoms with Crippen LogP contribution in [0.3, 0.4) is 0 Å². The van der Waals surface area contributed by atoms with E-state index in [0.717, 1.165) is 41.8 Å². The summed E-state index contributed by atoms with van der Waals surface area (Å²) in [6.07, 6.45) is 3.74. The molecule has 0 unspecified atom stereocenters. The van der Waals surface area contributed by atoms with Gasteiger partial charge in [-0.3, -0.25) is 5.41 Å². The van der Waals surface area contributed by atoms with Crippen LogP contribution in [0, 0.1) is 5.41 Å². The van der Waals surface area contributed by atoms with Crippen LogP contribution < -0.4 is 5.73 Å². The second-order valence-electron chi connectivity index (χ2n) is 7.56. The lowest BCUT2D eigenvalue weighted by Crippen LogP contribution is -2.35. The number of likely N-dealkylation sites (tertiary alicyclic amines) is 1. The number of hydrogen-bond acceptors (Lipinski definition) is 6. The molecule has 1 aliphatic rings. The molecule has 0 amide bonds. The van der Waals surface area contributed by atoms with Crippen molar-refractivity contribution in [3.63, 3.8) is 0 Å². The Balaban J connectivity index is 1.28. The van der Waals surface area contributed by atoms with Gasteiger partial charge in [-0.1, -0.05) is 65.0 Å². The van der Waals surface area contributed by atoms with Crippen molar-refractivity contribution in [1.29, 1.82) is 5.41 Å². The van der Waals surface area contributed by atoms with Gasteiger partial charge in [0.1, 0.15) is 11.7 Å². The van der Waals surface area contributed by atoms with E-state index in [2.05, 4.69) is 20.5 Å². The Morgan fingerprint density at radius 2 is 1.90 bits per heavy atom. The molecule has 1 atom stereocenters. The lowest BCUT2D eigenvalue weighted by molar-refractivity contribution is 0.283. The summed E-state index contributed by atoms with van der Waals surface area (Å²) in [6.45, 7) is 1.36. The van der Waals surface area contributed by atoms with Crippen LogP contribution in [0.1, 0.15) is 30.3 Å². The van der Waals surface area contributed by atoms with Crippen LogP contribution in [0.4, 0.5) is 0 Å². The van der Waals surface area contributed by atoms with Gasteiger partial charge in [-0.2, -0.15) is 4.98 Å². The van der Waals surface area contributed by atoms with Gasteiger partial charge in [-0.15, -0.1) is 5.10 Å². The fraction of sp³-hybridized carbons (Fsp3) is 0.227. The second-order valence-corrected chi connectivity index (χ2v) is 7.56. The van der Waals surface area contributed by atoms with Crippen molar-refractivity contribution in [2.24, 2.45) is 5.73 Å². The number of aromatic nitrogens is 5. The largest absolute Gasteiger partial charge is 0.370 e. The van der Waals surface area contributed by atoms with Crippen molar-refractivity contribution in [1.82, 2.24) is 30.0 Å². The molecule has 9 nitrogen and oxygen atoms in total. The van der Waals surface area contributed by atoms with E-state index in [0.29, 0.717) is 18.3 Å². The third-order valence-corrected chi connectivity index (χ3v) is 5.45. The van der Waals surface area contributed by atoms with Crippen LogP contribution in [0.2, 0.25) is 0 Å². The van der Waals surface area contributed by atoms with E-state index in [9.17, 15) is 0 Å². The minimum Gasteiger partial charge on any atom is -0.370 e. The first kappa shape index (κ1) is 19.0. The molecule has 0 radical (unpaired) electrons. The molecule has 0 saturated carbocycles. The Hall–Kier alpha value is -4.01. The zero-order valence-corrected chi connectivity index (χ0v) is 16.8. The molecule has 4 aromatic rings. The van der Waals surface area contributed by atoms with E-state index in [1.165, 1.54) is 0 Å². The summed E-state index contributed by atoms with van der Waals surface area (Å²) in [5.74, 6) is 1.07. The van der Waals surface area contributed by atoms with Crippen molar-refractivity contribution < 1.29 is 4.52 Å². The number of guanidine groups is 1. The number of benzene rings is 2. The molecule has 156 valence electrons. The van der Waals surface area contributed by atoms with Gasteiger partial charge in [0.2, 0.25) is 11.7 Å². The smallest absolute Gasteiger partial charge is 0.249 e. The van der Waals surface area contributed by atoms with Gasteiger partial charge in [0.25, 0.3) is 0 Å². The Labute approximate surface area is 179 Å². The summed E-state index contributed by atoms with van der Waals surface area (Å²) < 4.78 is 7.30.